The predicted octanol–water partition coefficient (Wildman–Crippen LogP) is 6.14. The van der Waals surface area contributed by atoms with Crippen molar-refractivity contribution < 1.29 is 19.1 Å². The second-order valence-electron chi connectivity index (χ2n) is 12.7. The average Bonchev–Trinajstić information content (AvgIpc) is 3.25. The van der Waals surface area contributed by atoms with E-state index in [4.69, 9.17) is 21.1 Å². The van der Waals surface area contributed by atoms with E-state index in [0.717, 1.165) is 18.4 Å². The van der Waals surface area contributed by atoms with Crippen molar-refractivity contribution in [3.05, 3.63) is 23.0 Å². The number of hydrogen-bond acceptors (Lipinski definition) is 6. The maximum atomic E-state index is 13.6. The van der Waals surface area contributed by atoms with Gasteiger partial charge in [-0.05, 0) is 78.1 Å². The summed E-state index contributed by atoms with van der Waals surface area (Å²) in [6.45, 7) is 17.0. The van der Waals surface area contributed by atoms with Crippen molar-refractivity contribution in [2.45, 2.75) is 85.4 Å². The van der Waals surface area contributed by atoms with E-state index in [1.165, 1.54) is 0 Å². The SMILES string of the molecule is CC(C)c1cnn2c(N(CC3C4CCC3CN(C(=O)OC(C)(C)C)C4)C(=O)OC(C)(C)C)cc(Cl)nc12. The highest BCUT2D eigenvalue weighted by Crippen LogP contribution is 2.43. The Bertz CT molecular complexity index is 1150. The largest absolute Gasteiger partial charge is 0.444 e. The number of piperidine rings is 1. The molecule has 0 N–H and O–H groups in total. The van der Waals surface area contributed by atoms with Gasteiger partial charge in [-0.1, -0.05) is 25.4 Å². The lowest BCUT2D eigenvalue weighted by Crippen LogP contribution is -2.51. The highest BCUT2D eigenvalue weighted by Gasteiger charge is 2.46. The average molecular weight is 534 g/mol. The fraction of sp³-hybridized carbons (Fsp3) is 0.704. The van der Waals surface area contributed by atoms with E-state index < -0.39 is 17.3 Å². The topological polar surface area (TPSA) is 89.3 Å². The molecule has 2 amide bonds. The van der Waals surface area contributed by atoms with E-state index in [1.54, 1.807) is 21.7 Å². The second kappa shape index (κ2) is 9.97. The van der Waals surface area contributed by atoms with Gasteiger partial charge in [0.15, 0.2) is 5.65 Å². The first-order valence-corrected chi connectivity index (χ1v) is 13.5. The van der Waals surface area contributed by atoms with Crippen LogP contribution in [0.25, 0.3) is 5.65 Å². The molecule has 2 aromatic heterocycles. The predicted molar refractivity (Wildman–Crippen MR) is 143 cm³/mol. The van der Waals surface area contributed by atoms with Crippen LogP contribution < -0.4 is 4.90 Å². The Hall–Kier alpha value is -2.55. The third kappa shape index (κ3) is 6.13. The van der Waals surface area contributed by atoms with Gasteiger partial charge >= 0.3 is 12.2 Å². The Kier molecular flexibility index (Phi) is 7.40. The standard InChI is InChI=1S/C27H40ClN5O4/c1-16(2)19-12-29-33-22(11-21(28)30-23(19)33)32(25(35)37-27(6,7)8)15-20-17-9-10-18(20)14-31(13-17)24(34)36-26(3,4)5/h11-12,16-18,20H,9-10,13-15H2,1-8H3. The number of ether oxygens (including phenoxy) is 2. The molecule has 0 radical (unpaired) electrons. The quantitative estimate of drug-likeness (QED) is 0.438. The maximum absolute atomic E-state index is 13.6. The van der Waals surface area contributed by atoms with E-state index >= 15 is 0 Å². The molecule has 1 aliphatic carbocycles. The Morgan fingerprint density at radius 2 is 1.68 bits per heavy atom. The molecular weight excluding hydrogens is 494 g/mol. The Balaban J connectivity index is 1.65. The van der Waals surface area contributed by atoms with Crippen molar-refractivity contribution in [2.24, 2.45) is 17.8 Å². The summed E-state index contributed by atoms with van der Waals surface area (Å²) in [7, 11) is 0. The molecule has 2 aliphatic rings. The van der Waals surface area contributed by atoms with E-state index in [1.807, 2.05) is 46.4 Å². The summed E-state index contributed by atoms with van der Waals surface area (Å²) in [6, 6.07) is 1.67. The Labute approximate surface area is 224 Å². The minimum Gasteiger partial charge on any atom is -0.444 e. The van der Waals surface area contributed by atoms with Crippen LogP contribution in [0.4, 0.5) is 15.4 Å². The molecule has 9 nitrogen and oxygen atoms in total. The van der Waals surface area contributed by atoms with Crippen molar-refractivity contribution in [3.63, 3.8) is 0 Å². The lowest BCUT2D eigenvalue weighted by molar-refractivity contribution is 0.00788. The van der Waals surface area contributed by atoms with Crippen molar-refractivity contribution in [1.82, 2.24) is 19.5 Å². The molecule has 0 aromatic carbocycles. The van der Waals surface area contributed by atoms with Crippen LogP contribution >= 0.6 is 11.6 Å². The summed E-state index contributed by atoms with van der Waals surface area (Å²) in [5.74, 6) is 1.44. The van der Waals surface area contributed by atoms with Gasteiger partial charge in [0.2, 0.25) is 0 Å². The number of rotatable bonds is 4. The zero-order chi connectivity index (χ0) is 27.3. The minimum atomic E-state index is -0.669. The Morgan fingerprint density at radius 1 is 1.08 bits per heavy atom. The summed E-state index contributed by atoms with van der Waals surface area (Å²) in [6.07, 6.45) is 3.06. The highest BCUT2D eigenvalue weighted by molar-refractivity contribution is 6.29. The van der Waals surface area contributed by atoms with Crippen molar-refractivity contribution in [3.8, 4) is 0 Å². The first kappa shape index (κ1) is 27.5. The number of halogens is 1. The van der Waals surface area contributed by atoms with Crippen LogP contribution in [0.1, 0.15) is 79.7 Å². The molecule has 1 aliphatic heterocycles. The van der Waals surface area contributed by atoms with Gasteiger partial charge in [-0.15, -0.1) is 0 Å². The molecular formula is C27H40ClN5O4. The smallest absolute Gasteiger partial charge is 0.416 e. The third-order valence-corrected chi connectivity index (χ3v) is 7.23. The van der Waals surface area contributed by atoms with Crippen LogP contribution in [-0.4, -0.2) is 62.5 Å². The molecule has 2 unspecified atom stereocenters. The van der Waals surface area contributed by atoms with Gasteiger partial charge in [0.05, 0.1) is 6.20 Å². The molecule has 1 saturated heterocycles. The maximum Gasteiger partial charge on any atom is 0.416 e. The van der Waals surface area contributed by atoms with Crippen LogP contribution in [-0.2, 0) is 9.47 Å². The Morgan fingerprint density at radius 3 is 2.22 bits per heavy atom. The minimum absolute atomic E-state index is 0.194. The number of carbonyl (C=O) groups is 2. The molecule has 0 spiro atoms. The van der Waals surface area contributed by atoms with Crippen LogP contribution in [0, 0.1) is 17.8 Å². The van der Waals surface area contributed by atoms with Crippen LogP contribution in [0.5, 0.6) is 0 Å². The number of nitrogens with zero attached hydrogens (tertiary/aromatic N) is 5. The number of aromatic nitrogens is 3. The normalized spacial score (nSPS) is 22.0. The summed E-state index contributed by atoms with van der Waals surface area (Å²) < 4.78 is 13.2. The highest BCUT2D eigenvalue weighted by atomic mass is 35.5. The lowest BCUT2D eigenvalue weighted by Gasteiger charge is -2.40. The molecule has 1 saturated carbocycles. The second-order valence-corrected chi connectivity index (χ2v) is 13.1. The van der Waals surface area contributed by atoms with Gasteiger partial charge in [-0.2, -0.15) is 9.61 Å². The van der Waals surface area contributed by atoms with Crippen LogP contribution in [0.3, 0.4) is 0 Å². The lowest BCUT2D eigenvalue weighted by atomic mass is 9.85. The van der Waals surface area contributed by atoms with E-state index in [0.29, 0.717) is 36.3 Å². The van der Waals surface area contributed by atoms with Gasteiger partial charge in [-0.25, -0.2) is 14.6 Å². The molecule has 2 aromatic rings. The summed E-state index contributed by atoms with van der Waals surface area (Å²) >= 11 is 6.47. The molecule has 2 atom stereocenters. The first-order valence-electron chi connectivity index (χ1n) is 13.2. The van der Waals surface area contributed by atoms with Gasteiger partial charge in [0.1, 0.15) is 22.2 Å². The fourth-order valence-electron chi connectivity index (χ4n) is 5.43. The van der Waals surface area contributed by atoms with Gasteiger partial charge in [0, 0.05) is 31.3 Å². The van der Waals surface area contributed by atoms with Crippen LogP contribution in [0.2, 0.25) is 5.15 Å². The molecule has 2 bridgehead atoms. The molecule has 2 fully saturated rings. The molecule has 4 rings (SSSR count). The van der Waals surface area contributed by atoms with Crippen molar-refractivity contribution in [1.29, 1.82) is 0 Å². The van der Waals surface area contributed by atoms with Gasteiger partial charge in [-0.3, -0.25) is 4.90 Å². The van der Waals surface area contributed by atoms with Gasteiger partial charge in [0.25, 0.3) is 0 Å². The number of fused-ring (bicyclic) bond motifs is 3. The molecule has 10 heteroatoms. The number of amides is 2. The number of likely N-dealkylation sites (tertiary alicyclic amines) is 1. The summed E-state index contributed by atoms with van der Waals surface area (Å²) in [5, 5.41) is 4.87. The summed E-state index contributed by atoms with van der Waals surface area (Å²) in [5.41, 5.74) is 0.384. The van der Waals surface area contributed by atoms with E-state index in [9.17, 15) is 9.59 Å². The van der Waals surface area contributed by atoms with E-state index in [-0.39, 0.29) is 29.8 Å². The number of anilines is 1. The zero-order valence-electron chi connectivity index (χ0n) is 23.2. The third-order valence-electron chi connectivity index (χ3n) is 7.04. The summed E-state index contributed by atoms with van der Waals surface area (Å²) in [4.78, 5) is 34.4. The fourth-order valence-corrected chi connectivity index (χ4v) is 5.61. The van der Waals surface area contributed by atoms with Crippen molar-refractivity contribution in [2.75, 3.05) is 24.5 Å². The molecule has 37 heavy (non-hydrogen) atoms. The van der Waals surface area contributed by atoms with Crippen LogP contribution in [0.15, 0.2) is 12.3 Å². The zero-order valence-corrected chi connectivity index (χ0v) is 24.0. The van der Waals surface area contributed by atoms with E-state index in [2.05, 4.69) is 23.9 Å². The molecule has 204 valence electrons. The van der Waals surface area contributed by atoms with Crippen molar-refractivity contribution >= 4 is 35.3 Å². The monoisotopic (exact) mass is 533 g/mol. The van der Waals surface area contributed by atoms with Gasteiger partial charge < -0.3 is 14.4 Å². The number of hydrogen-bond donors (Lipinski definition) is 0. The molecule has 3 heterocycles. The first-order chi connectivity index (χ1) is 17.1. The number of carbonyl (C=O) groups excluding carboxylic acids is 2.